The zero-order valence-corrected chi connectivity index (χ0v) is 17.1. The molecule has 0 unspecified atom stereocenters. The molecule has 2 aliphatic rings. The molecule has 2 aliphatic heterocycles. The third kappa shape index (κ3) is 4.37. The van der Waals surface area contributed by atoms with E-state index in [0.717, 1.165) is 11.1 Å². The van der Waals surface area contributed by atoms with Crippen LogP contribution in [0.5, 0.6) is 5.75 Å². The first kappa shape index (κ1) is 20.5. The van der Waals surface area contributed by atoms with Crippen molar-refractivity contribution in [2.24, 2.45) is 0 Å². The van der Waals surface area contributed by atoms with Gasteiger partial charge in [-0.3, -0.25) is 4.79 Å². The van der Waals surface area contributed by atoms with E-state index in [4.69, 9.17) is 25.8 Å². The maximum atomic E-state index is 13.2. The molecule has 1 saturated heterocycles. The summed E-state index contributed by atoms with van der Waals surface area (Å²) in [7, 11) is 0. The van der Waals surface area contributed by atoms with Gasteiger partial charge in [-0.2, -0.15) is 0 Å². The zero-order chi connectivity index (χ0) is 21.0. The maximum Gasteiger partial charge on any atom is 0.408 e. The Morgan fingerprint density at radius 1 is 1.13 bits per heavy atom. The Labute approximate surface area is 179 Å². The van der Waals surface area contributed by atoms with Crippen LogP contribution >= 0.6 is 11.6 Å². The highest BCUT2D eigenvalue weighted by Gasteiger charge is 2.45. The second-order valence-electron chi connectivity index (χ2n) is 7.39. The fraction of sp³-hybridized carbons (Fsp3) is 0.364. The van der Waals surface area contributed by atoms with Crippen LogP contribution in [0.4, 0.5) is 4.79 Å². The minimum Gasteiger partial charge on any atom is -0.492 e. The number of alkyl carbamates (subject to hydrolysis) is 1. The highest BCUT2D eigenvalue weighted by atomic mass is 35.5. The third-order valence-corrected chi connectivity index (χ3v) is 5.64. The van der Waals surface area contributed by atoms with Gasteiger partial charge in [-0.25, -0.2) is 4.79 Å². The fourth-order valence-electron chi connectivity index (χ4n) is 3.69. The van der Waals surface area contributed by atoms with Crippen molar-refractivity contribution < 1.29 is 23.8 Å². The number of rotatable bonds is 5. The predicted molar refractivity (Wildman–Crippen MR) is 110 cm³/mol. The first-order valence-corrected chi connectivity index (χ1v) is 10.2. The maximum absolute atomic E-state index is 13.2. The lowest BCUT2D eigenvalue weighted by molar-refractivity contribution is -0.128. The van der Waals surface area contributed by atoms with Crippen LogP contribution in [-0.2, 0) is 20.9 Å². The molecule has 2 aromatic rings. The van der Waals surface area contributed by atoms with Gasteiger partial charge in [0.1, 0.15) is 17.9 Å². The van der Waals surface area contributed by atoms with Gasteiger partial charge in [0.05, 0.1) is 24.3 Å². The molecule has 2 N–H and O–H groups in total. The van der Waals surface area contributed by atoms with Crippen LogP contribution in [0.25, 0.3) is 0 Å². The topological polar surface area (TPSA) is 85.9 Å². The lowest BCUT2D eigenvalue weighted by Crippen LogP contribution is -2.60. The van der Waals surface area contributed by atoms with Crippen molar-refractivity contribution in [3.63, 3.8) is 0 Å². The molecular formula is C22H23ClN2O5. The van der Waals surface area contributed by atoms with E-state index >= 15 is 0 Å². The normalized spacial score (nSPS) is 22.5. The molecule has 0 saturated carbocycles. The summed E-state index contributed by atoms with van der Waals surface area (Å²) in [5.74, 6) is 0.275. The number of hydrogen-bond acceptors (Lipinski definition) is 5. The molecule has 0 aromatic heterocycles. The highest BCUT2D eigenvalue weighted by Crippen LogP contribution is 2.37. The van der Waals surface area contributed by atoms with E-state index in [0.29, 0.717) is 36.8 Å². The molecule has 0 radical (unpaired) electrons. The van der Waals surface area contributed by atoms with Gasteiger partial charge in [0.15, 0.2) is 0 Å². The van der Waals surface area contributed by atoms with Crippen LogP contribution in [-0.4, -0.2) is 37.4 Å². The molecule has 2 heterocycles. The summed E-state index contributed by atoms with van der Waals surface area (Å²) in [4.78, 5) is 25.6. The number of benzene rings is 2. The molecule has 7 nitrogen and oxygen atoms in total. The van der Waals surface area contributed by atoms with E-state index in [2.05, 4.69) is 10.6 Å². The second-order valence-corrected chi connectivity index (χ2v) is 7.80. The summed E-state index contributed by atoms with van der Waals surface area (Å²) in [6.07, 6.45) is 0.314. The van der Waals surface area contributed by atoms with E-state index in [1.54, 1.807) is 6.07 Å². The van der Waals surface area contributed by atoms with E-state index in [1.807, 2.05) is 42.5 Å². The standard InChI is InChI=1S/C22H23ClN2O5/c23-17-8-4-7-16-18(9-11-29-19(16)17)24-20(26)22(10-12-28-14-22)25-21(27)30-13-15-5-2-1-3-6-15/h1-8,18H,9-14H2,(H,24,26)(H,25,27)/t18-,22-/m1/s1. The first-order valence-electron chi connectivity index (χ1n) is 9.86. The number of nitrogens with one attached hydrogen (secondary N) is 2. The van der Waals surface area contributed by atoms with E-state index < -0.39 is 11.6 Å². The number of carbonyl (C=O) groups excluding carboxylic acids is 2. The lowest BCUT2D eigenvalue weighted by Gasteiger charge is -2.32. The quantitative estimate of drug-likeness (QED) is 0.759. The van der Waals surface area contributed by atoms with Gasteiger partial charge in [0, 0.05) is 25.0 Å². The van der Waals surface area contributed by atoms with E-state index in [1.165, 1.54) is 0 Å². The second kappa shape index (κ2) is 8.93. The molecule has 0 spiro atoms. The number of para-hydroxylation sites is 1. The monoisotopic (exact) mass is 430 g/mol. The summed E-state index contributed by atoms with van der Waals surface area (Å²) >= 11 is 6.22. The molecule has 30 heavy (non-hydrogen) atoms. The van der Waals surface area contributed by atoms with Gasteiger partial charge >= 0.3 is 6.09 Å². The van der Waals surface area contributed by atoms with Crippen molar-refractivity contribution in [1.29, 1.82) is 0 Å². The van der Waals surface area contributed by atoms with Gasteiger partial charge in [0.2, 0.25) is 5.91 Å². The van der Waals surface area contributed by atoms with Crippen LogP contribution < -0.4 is 15.4 Å². The predicted octanol–water partition coefficient (Wildman–Crippen LogP) is 3.37. The van der Waals surface area contributed by atoms with Crippen molar-refractivity contribution in [3.8, 4) is 5.75 Å². The average Bonchev–Trinajstić information content (AvgIpc) is 3.23. The minimum absolute atomic E-state index is 0.0882. The van der Waals surface area contributed by atoms with Gasteiger partial charge in [0.25, 0.3) is 0 Å². The summed E-state index contributed by atoms with van der Waals surface area (Å²) in [6, 6.07) is 14.5. The van der Waals surface area contributed by atoms with Gasteiger partial charge < -0.3 is 24.8 Å². The number of hydrogen-bond donors (Lipinski definition) is 2. The van der Waals surface area contributed by atoms with Crippen LogP contribution in [0.15, 0.2) is 48.5 Å². The molecule has 2 atom stereocenters. The third-order valence-electron chi connectivity index (χ3n) is 5.34. The smallest absolute Gasteiger partial charge is 0.408 e. The molecular weight excluding hydrogens is 408 g/mol. The Bertz CT molecular complexity index is 915. The fourth-order valence-corrected chi connectivity index (χ4v) is 3.92. The number of amides is 2. The van der Waals surface area contributed by atoms with Gasteiger partial charge in [-0.05, 0) is 11.6 Å². The largest absolute Gasteiger partial charge is 0.492 e. The molecule has 8 heteroatoms. The molecule has 4 rings (SSSR count). The molecule has 1 fully saturated rings. The molecule has 2 aromatic carbocycles. The van der Waals surface area contributed by atoms with Crippen LogP contribution in [0.3, 0.4) is 0 Å². The zero-order valence-electron chi connectivity index (χ0n) is 16.4. The summed E-state index contributed by atoms with van der Waals surface area (Å²) < 4.78 is 16.4. The average molecular weight is 431 g/mol. The van der Waals surface area contributed by atoms with Gasteiger partial charge in [-0.1, -0.05) is 54.1 Å². The van der Waals surface area contributed by atoms with Crippen molar-refractivity contribution in [3.05, 3.63) is 64.7 Å². The highest BCUT2D eigenvalue weighted by molar-refractivity contribution is 6.32. The van der Waals surface area contributed by atoms with Crippen molar-refractivity contribution in [1.82, 2.24) is 10.6 Å². The number of halogens is 1. The summed E-state index contributed by atoms with van der Waals surface area (Å²) in [5.41, 5.74) is 0.512. The van der Waals surface area contributed by atoms with Gasteiger partial charge in [-0.15, -0.1) is 0 Å². The number of carbonyl (C=O) groups is 2. The molecule has 0 bridgehead atoms. The van der Waals surface area contributed by atoms with Crippen molar-refractivity contribution in [2.45, 2.75) is 31.0 Å². The van der Waals surface area contributed by atoms with Crippen LogP contribution in [0.1, 0.15) is 30.0 Å². The Hall–Kier alpha value is -2.77. The van der Waals surface area contributed by atoms with E-state index in [-0.39, 0.29) is 25.2 Å². The van der Waals surface area contributed by atoms with Crippen LogP contribution in [0.2, 0.25) is 5.02 Å². The van der Waals surface area contributed by atoms with Crippen molar-refractivity contribution >= 4 is 23.6 Å². The molecule has 0 aliphatic carbocycles. The molecule has 2 amide bonds. The number of fused-ring (bicyclic) bond motifs is 1. The van der Waals surface area contributed by atoms with Crippen molar-refractivity contribution in [2.75, 3.05) is 19.8 Å². The Kier molecular flexibility index (Phi) is 6.11. The summed E-state index contributed by atoms with van der Waals surface area (Å²) in [5, 5.41) is 6.28. The SMILES string of the molecule is O=C(N[C@]1(C(=O)N[C@@H]2CCOc3c(Cl)cccc32)CCOC1)OCc1ccccc1. The molecule has 158 valence electrons. The Morgan fingerprint density at radius 3 is 2.73 bits per heavy atom. The van der Waals surface area contributed by atoms with E-state index in [9.17, 15) is 9.59 Å². The Balaban J connectivity index is 1.43. The lowest BCUT2D eigenvalue weighted by atomic mass is 9.94. The van der Waals surface area contributed by atoms with Crippen LogP contribution in [0, 0.1) is 0 Å². The minimum atomic E-state index is -1.18. The first-order chi connectivity index (χ1) is 14.6. The summed E-state index contributed by atoms with van der Waals surface area (Å²) in [6.45, 7) is 1.03. The number of ether oxygens (including phenoxy) is 3. The Morgan fingerprint density at radius 2 is 1.97 bits per heavy atom.